The summed E-state index contributed by atoms with van der Waals surface area (Å²) in [6.07, 6.45) is 1.55. The predicted octanol–water partition coefficient (Wildman–Crippen LogP) is 1.21. The van der Waals surface area contributed by atoms with Crippen LogP contribution >= 0.6 is 0 Å². The number of hydrogen-bond donors (Lipinski definition) is 3. The highest BCUT2D eigenvalue weighted by atomic mass is 16.6. The van der Waals surface area contributed by atoms with Gasteiger partial charge in [0.15, 0.2) is 0 Å². The van der Waals surface area contributed by atoms with Crippen LogP contribution in [-0.2, 0) is 4.74 Å². The maximum atomic E-state index is 12.1. The molecular weight excluding hydrogens is 276 g/mol. The topological polar surface area (TPSA) is 104 Å². The molecule has 1 aromatic carbocycles. The van der Waals surface area contributed by atoms with Crippen LogP contribution in [0.3, 0.4) is 0 Å². The van der Waals surface area contributed by atoms with Gasteiger partial charge in [-0.05, 0) is 49.9 Å². The molecule has 1 aliphatic carbocycles. The molecule has 21 heavy (non-hydrogen) atoms. The monoisotopic (exact) mass is 294 g/mol. The molecule has 3 N–H and O–H groups in total. The van der Waals surface area contributed by atoms with Gasteiger partial charge < -0.3 is 20.1 Å². The van der Waals surface area contributed by atoms with Crippen LogP contribution in [0.15, 0.2) is 24.3 Å². The molecule has 0 amide bonds. The normalized spacial score (nSPS) is 18.2. The summed E-state index contributed by atoms with van der Waals surface area (Å²) >= 11 is 0. The molecule has 1 saturated carbocycles. The van der Waals surface area contributed by atoms with Crippen molar-refractivity contribution in [2.45, 2.75) is 37.4 Å². The molecule has 2 rings (SSSR count). The zero-order chi connectivity index (χ0) is 15.5. The number of carbonyl (C=O) groups excluding carboxylic acids is 1. The van der Waals surface area contributed by atoms with Crippen molar-refractivity contribution < 1.29 is 29.6 Å². The fourth-order valence-electron chi connectivity index (χ4n) is 2.64. The first-order valence-electron chi connectivity index (χ1n) is 6.84. The number of aliphatic hydroxyl groups is 2. The maximum Gasteiger partial charge on any atom is 0.338 e. The van der Waals surface area contributed by atoms with Gasteiger partial charge in [-0.25, -0.2) is 9.59 Å². The summed E-state index contributed by atoms with van der Waals surface area (Å²) in [5.74, 6) is -1.70. The molecule has 0 radical (unpaired) electrons. The number of carboxylic acids is 1. The van der Waals surface area contributed by atoms with Crippen molar-refractivity contribution >= 4 is 11.9 Å². The molecule has 0 aliphatic heterocycles. The predicted molar refractivity (Wildman–Crippen MR) is 73.1 cm³/mol. The number of aliphatic hydroxyl groups excluding tert-OH is 2. The Morgan fingerprint density at radius 2 is 1.67 bits per heavy atom. The van der Waals surface area contributed by atoms with E-state index in [4.69, 9.17) is 14.9 Å². The summed E-state index contributed by atoms with van der Waals surface area (Å²) in [6, 6.07) is 5.39. The Bertz CT molecular complexity index is 515. The first-order chi connectivity index (χ1) is 9.98. The Hall–Kier alpha value is -1.92. The largest absolute Gasteiger partial charge is 0.478 e. The second kappa shape index (κ2) is 6.24. The molecule has 0 aromatic heterocycles. The van der Waals surface area contributed by atoms with E-state index in [0.717, 1.165) is 12.8 Å². The van der Waals surface area contributed by atoms with E-state index < -0.39 is 30.3 Å². The van der Waals surface area contributed by atoms with Gasteiger partial charge >= 0.3 is 11.9 Å². The van der Waals surface area contributed by atoms with Gasteiger partial charge in [0.1, 0.15) is 11.7 Å². The zero-order valence-corrected chi connectivity index (χ0v) is 11.5. The van der Waals surface area contributed by atoms with Crippen molar-refractivity contribution in [1.29, 1.82) is 0 Å². The molecule has 114 valence electrons. The van der Waals surface area contributed by atoms with Crippen LogP contribution in [0.25, 0.3) is 0 Å². The minimum absolute atomic E-state index is 0.0810. The second-order valence-corrected chi connectivity index (χ2v) is 5.24. The number of hydrogen-bond acceptors (Lipinski definition) is 5. The summed E-state index contributed by atoms with van der Waals surface area (Å²) in [5.41, 5.74) is -0.744. The van der Waals surface area contributed by atoms with Crippen LogP contribution in [0.5, 0.6) is 0 Å². The standard InChI is InChI=1S/C15H18O6/c16-9-12(17)15(7-1-2-8-15)21-14(20)11-5-3-10(4-6-11)13(18)19/h3-6,12,16-17H,1-2,7-9H2,(H,18,19). The van der Waals surface area contributed by atoms with Gasteiger partial charge in [-0.15, -0.1) is 0 Å². The highest BCUT2D eigenvalue weighted by molar-refractivity contribution is 5.92. The van der Waals surface area contributed by atoms with Crippen LogP contribution in [0.4, 0.5) is 0 Å². The molecule has 6 heteroatoms. The lowest BCUT2D eigenvalue weighted by Gasteiger charge is -2.32. The lowest BCUT2D eigenvalue weighted by Crippen LogP contribution is -2.46. The fraction of sp³-hybridized carbons (Fsp3) is 0.467. The average molecular weight is 294 g/mol. The maximum absolute atomic E-state index is 12.1. The van der Waals surface area contributed by atoms with Crippen molar-refractivity contribution in [3.63, 3.8) is 0 Å². The summed E-state index contributed by atoms with van der Waals surface area (Å²) in [4.78, 5) is 22.9. The van der Waals surface area contributed by atoms with Gasteiger partial charge in [-0.2, -0.15) is 0 Å². The van der Waals surface area contributed by atoms with E-state index in [9.17, 15) is 14.7 Å². The molecule has 1 aliphatic rings. The van der Waals surface area contributed by atoms with Gasteiger partial charge in [0, 0.05) is 0 Å². The van der Waals surface area contributed by atoms with E-state index in [0.29, 0.717) is 12.8 Å². The first-order valence-corrected chi connectivity index (χ1v) is 6.84. The van der Waals surface area contributed by atoms with Crippen molar-refractivity contribution in [1.82, 2.24) is 0 Å². The Morgan fingerprint density at radius 3 is 2.14 bits per heavy atom. The molecule has 0 heterocycles. The van der Waals surface area contributed by atoms with Gasteiger partial charge in [0.2, 0.25) is 0 Å². The number of aromatic carboxylic acids is 1. The fourth-order valence-corrected chi connectivity index (χ4v) is 2.64. The number of benzene rings is 1. The van der Waals surface area contributed by atoms with Crippen molar-refractivity contribution in [3.8, 4) is 0 Å². The van der Waals surface area contributed by atoms with E-state index >= 15 is 0 Å². The molecule has 1 fully saturated rings. The SMILES string of the molecule is O=C(O)c1ccc(C(=O)OC2(C(O)CO)CCCC2)cc1. The van der Waals surface area contributed by atoms with E-state index in [-0.39, 0.29) is 11.1 Å². The highest BCUT2D eigenvalue weighted by Gasteiger charge is 2.44. The molecule has 0 bridgehead atoms. The third kappa shape index (κ3) is 3.22. The van der Waals surface area contributed by atoms with Crippen LogP contribution in [0.1, 0.15) is 46.4 Å². The molecule has 1 aromatic rings. The molecule has 0 spiro atoms. The minimum atomic E-state index is -1.11. The summed E-state index contributed by atoms with van der Waals surface area (Å²) in [7, 11) is 0. The highest BCUT2D eigenvalue weighted by Crippen LogP contribution is 2.36. The molecular formula is C15H18O6. The third-order valence-electron chi connectivity index (χ3n) is 3.89. The number of carbonyl (C=O) groups is 2. The third-order valence-corrected chi connectivity index (χ3v) is 3.89. The van der Waals surface area contributed by atoms with Gasteiger partial charge in [0.25, 0.3) is 0 Å². The van der Waals surface area contributed by atoms with Crippen LogP contribution in [0, 0.1) is 0 Å². The van der Waals surface area contributed by atoms with Crippen molar-refractivity contribution in [3.05, 3.63) is 35.4 Å². The average Bonchev–Trinajstić information content (AvgIpc) is 2.96. The van der Waals surface area contributed by atoms with Gasteiger partial charge in [-0.3, -0.25) is 0 Å². The van der Waals surface area contributed by atoms with E-state index in [1.807, 2.05) is 0 Å². The summed E-state index contributed by atoms with van der Waals surface area (Å²) < 4.78 is 5.44. The van der Waals surface area contributed by atoms with E-state index in [2.05, 4.69) is 0 Å². The Kier molecular flexibility index (Phi) is 4.59. The summed E-state index contributed by atoms with van der Waals surface area (Å²) in [6.45, 7) is -0.467. The smallest absolute Gasteiger partial charge is 0.338 e. The van der Waals surface area contributed by atoms with Crippen LogP contribution in [-0.4, -0.2) is 45.6 Å². The summed E-state index contributed by atoms with van der Waals surface area (Å²) in [5, 5.41) is 27.9. The van der Waals surface area contributed by atoms with Crippen molar-refractivity contribution in [2.75, 3.05) is 6.61 Å². The number of ether oxygens (including phenoxy) is 1. The zero-order valence-electron chi connectivity index (χ0n) is 11.5. The first kappa shape index (κ1) is 15.5. The number of rotatable bonds is 5. The van der Waals surface area contributed by atoms with Crippen LogP contribution in [0.2, 0.25) is 0 Å². The quantitative estimate of drug-likeness (QED) is 0.705. The Labute approximate surface area is 122 Å². The van der Waals surface area contributed by atoms with Gasteiger partial charge in [-0.1, -0.05) is 0 Å². The number of carboxylic acid groups (broad SMARTS) is 1. The van der Waals surface area contributed by atoms with E-state index in [1.54, 1.807) is 0 Å². The lowest BCUT2D eigenvalue weighted by molar-refractivity contribution is -0.102. The molecule has 1 unspecified atom stereocenters. The van der Waals surface area contributed by atoms with E-state index in [1.165, 1.54) is 24.3 Å². The minimum Gasteiger partial charge on any atom is -0.478 e. The molecule has 6 nitrogen and oxygen atoms in total. The molecule has 0 saturated heterocycles. The van der Waals surface area contributed by atoms with Crippen LogP contribution < -0.4 is 0 Å². The Morgan fingerprint density at radius 1 is 1.14 bits per heavy atom. The molecule has 1 atom stereocenters. The lowest BCUT2D eigenvalue weighted by atomic mass is 9.94. The van der Waals surface area contributed by atoms with Crippen molar-refractivity contribution in [2.24, 2.45) is 0 Å². The Balaban J connectivity index is 2.14. The number of esters is 1. The second-order valence-electron chi connectivity index (χ2n) is 5.24. The van der Waals surface area contributed by atoms with Gasteiger partial charge in [0.05, 0.1) is 17.7 Å².